The number of nitrogens with one attached hydrogen (secondary N) is 1. The van der Waals surface area contributed by atoms with E-state index in [0.717, 1.165) is 5.56 Å². The predicted molar refractivity (Wildman–Crippen MR) is 80.3 cm³/mol. The summed E-state index contributed by atoms with van der Waals surface area (Å²) in [7, 11) is 0. The van der Waals surface area contributed by atoms with Crippen molar-refractivity contribution in [2.24, 2.45) is 0 Å². The van der Waals surface area contributed by atoms with Crippen molar-refractivity contribution in [3.63, 3.8) is 0 Å². The van der Waals surface area contributed by atoms with Gasteiger partial charge in [0, 0.05) is 18.1 Å². The molecule has 0 saturated carbocycles. The molecule has 0 aliphatic rings. The van der Waals surface area contributed by atoms with Gasteiger partial charge in [-0.2, -0.15) is 0 Å². The fourth-order valence-corrected chi connectivity index (χ4v) is 1.83. The van der Waals surface area contributed by atoms with E-state index < -0.39 is 0 Å². The maximum atomic E-state index is 12.2. The summed E-state index contributed by atoms with van der Waals surface area (Å²) in [5.74, 6) is 0.290. The molecule has 2 rings (SSSR count). The average Bonchev–Trinajstić information content (AvgIpc) is 2.54. The van der Waals surface area contributed by atoms with E-state index in [4.69, 9.17) is 9.84 Å². The Morgan fingerprint density at radius 1 is 1.33 bits per heavy atom. The molecule has 0 saturated heterocycles. The van der Waals surface area contributed by atoms with Crippen molar-refractivity contribution in [2.45, 2.75) is 12.8 Å². The van der Waals surface area contributed by atoms with Gasteiger partial charge in [-0.1, -0.05) is 6.07 Å². The molecule has 0 aliphatic heterocycles. The lowest BCUT2D eigenvalue weighted by Crippen LogP contribution is -2.18. The molecule has 1 aromatic carbocycles. The number of carbonyl (C=O) groups is 1. The summed E-state index contributed by atoms with van der Waals surface area (Å²) in [5, 5.41) is 11.5. The Labute approximate surface area is 123 Å². The third-order valence-electron chi connectivity index (χ3n) is 3.06. The van der Waals surface area contributed by atoms with Crippen LogP contribution in [0.1, 0.15) is 18.4 Å². The van der Waals surface area contributed by atoms with E-state index in [1.807, 2.05) is 19.1 Å². The quantitative estimate of drug-likeness (QED) is 0.854. The summed E-state index contributed by atoms with van der Waals surface area (Å²) in [5.41, 5.74) is 1.57. The van der Waals surface area contributed by atoms with E-state index in [1.54, 1.807) is 36.7 Å². The molecule has 5 heteroatoms. The van der Waals surface area contributed by atoms with Crippen LogP contribution >= 0.6 is 0 Å². The van der Waals surface area contributed by atoms with E-state index in [1.165, 1.54) is 0 Å². The highest BCUT2D eigenvalue weighted by molar-refractivity contribution is 5.95. The first-order chi connectivity index (χ1) is 10.2. The lowest BCUT2D eigenvalue weighted by Gasteiger charge is -2.12. The molecule has 0 radical (unpaired) electrons. The van der Waals surface area contributed by atoms with Gasteiger partial charge >= 0.3 is 0 Å². The second-order valence-electron chi connectivity index (χ2n) is 4.59. The largest absolute Gasteiger partial charge is 0.491 e. The maximum Gasteiger partial charge on any atom is 0.231 e. The van der Waals surface area contributed by atoms with Crippen LogP contribution in [0.5, 0.6) is 5.75 Å². The number of aromatic nitrogens is 1. The standard InChI is InChI=1S/C16H18N2O3/c1-12(13-3-2-8-17-11-13)16(20)18-14-4-6-15(7-5-14)21-10-9-19/h2-8,11-12,19H,9-10H2,1H3,(H,18,20). The Balaban J connectivity index is 1.96. The van der Waals surface area contributed by atoms with Gasteiger partial charge < -0.3 is 15.2 Å². The number of hydrogen-bond donors (Lipinski definition) is 2. The molecule has 21 heavy (non-hydrogen) atoms. The summed E-state index contributed by atoms with van der Waals surface area (Å²) in [4.78, 5) is 16.2. The molecule has 0 bridgehead atoms. The third kappa shape index (κ3) is 4.29. The highest BCUT2D eigenvalue weighted by Crippen LogP contribution is 2.19. The van der Waals surface area contributed by atoms with Crippen LogP contribution in [0.25, 0.3) is 0 Å². The van der Waals surface area contributed by atoms with Gasteiger partial charge in [0.1, 0.15) is 12.4 Å². The molecule has 1 heterocycles. The maximum absolute atomic E-state index is 12.2. The van der Waals surface area contributed by atoms with Crippen LogP contribution in [0.2, 0.25) is 0 Å². The number of aliphatic hydroxyl groups excluding tert-OH is 1. The van der Waals surface area contributed by atoms with Crippen LogP contribution in [0.15, 0.2) is 48.8 Å². The van der Waals surface area contributed by atoms with Crippen LogP contribution in [-0.2, 0) is 4.79 Å². The van der Waals surface area contributed by atoms with E-state index in [-0.39, 0.29) is 25.0 Å². The van der Waals surface area contributed by atoms with Crippen LogP contribution in [0, 0.1) is 0 Å². The molecular formula is C16H18N2O3. The van der Waals surface area contributed by atoms with Crippen LogP contribution in [0.3, 0.4) is 0 Å². The van der Waals surface area contributed by atoms with Gasteiger partial charge in [-0.15, -0.1) is 0 Å². The number of ether oxygens (including phenoxy) is 1. The van der Waals surface area contributed by atoms with Crippen molar-refractivity contribution in [3.05, 3.63) is 54.4 Å². The summed E-state index contributed by atoms with van der Waals surface area (Å²) in [6.07, 6.45) is 3.37. The SMILES string of the molecule is CC(C(=O)Nc1ccc(OCCO)cc1)c1cccnc1. The second-order valence-corrected chi connectivity index (χ2v) is 4.59. The molecule has 1 amide bonds. The highest BCUT2D eigenvalue weighted by atomic mass is 16.5. The minimum atomic E-state index is -0.274. The van der Waals surface area contributed by atoms with Crippen molar-refractivity contribution < 1.29 is 14.6 Å². The summed E-state index contributed by atoms with van der Waals surface area (Å²) >= 11 is 0. The number of carbonyl (C=O) groups excluding carboxylic acids is 1. The van der Waals surface area contributed by atoms with Gasteiger partial charge in [-0.3, -0.25) is 9.78 Å². The zero-order valence-corrected chi connectivity index (χ0v) is 11.8. The first kappa shape index (κ1) is 15.0. The van der Waals surface area contributed by atoms with Crippen molar-refractivity contribution in [2.75, 3.05) is 18.5 Å². The number of nitrogens with zero attached hydrogens (tertiary/aromatic N) is 1. The zero-order chi connectivity index (χ0) is 15.1. The zero-order valence-electron chi connectivity index (χ0n) is 11.8. The van der Waals surface area contributed by atoms with E-state index in [0.29, 0.717) is 11.4 Å². The monoisotopic (exact) mass is 286 g/mol. The number of hydrogen-bond acceptors (Lipinski definition) is 4. The van der Waals surface area contributed by atoms with Gasteiger partial charge in [-0.05, 0) is 42.8 Å². The smallest absolute Gasteiger partial charge is 0.231 e. The van der Waals surface area contributed by atoms with Gasteiger partial charge in [0.05, 0.1) is 12.5 Å². The molecule has 0 fully saturated rings. The number of anilines is 1. The van der Waals surface area contributed by atoms with Crippen LogP contribution < -0.4 is 10.1 Å². The van der Waals surface area contributed by atoms with Crippen molar-refractivity contribution in [3.8, 4) is 5.75 Å². The van der Waals surface area contributed by atoms with E-state index in [2.05, 4.69) is 10.3 Å². The lowest BCUT2D eigenvalue weighted by atomic mass is 10.0. The van der Waals surface area contributed by atoms with E-state index in [9.17, 15) is 4.79 Å². The van der Waals surface area contributed by atoms with Gasteiger partial charge in [0.25, 0.3) is 0 Å². The fraction of sp³-hybridized carbons (Fsp3) is 0.250. The molecule has 1 atom stereocenters. The number of rotatable bonds is 6. The molecule has 1 aromatic heterocycles. The Morgan fingerprint density at radius 3 is 2.71 bits per heavy atom. The van der Waals surface area contributed by atoms with Crippen LogP contribution in [-0.4, -0.2) is 29.2 Å². The summed E-state index contributed by atoms with van der Waals surface area (Å²) in [6, 6.07) is 10.7. The molecule has 0 aliphatic carbocycles. The Hall–Kier alpha value is -2.40. The van der Waals surface area contributed by atoms with Crippen LogP contribution in [0.4, 0.5) is 5.69 Å². The molecule has 2 aromatic rings. The highest BCUT2D eigenvalue weighted by Gasteiger charge is 2.15. The van der Waals surface area contributed by atoms with Gasteiger partial charge in [-0.25, -0.2) is 0 Å². The molecule has 0 spiro atoms. The predicted octanol–water partition coefficient (Wildman–Crippen LogP) is 2.19. The topological polar surface area (TPSA) is 71.5 Å². The molecule has 5 nitrogen and oxygen atoms in total. The van der Waals surface area contributed by atoms with Crippen molar-refractivity contribution in [1.82, 2.24) is 4.98 Å². The van der Waals surface area contributed by atoms with Crippen molar-refractivity contribution >= 4 is 11.6 Å². The summed E-state index contributed by atoms with van der Waals surface area (Å²) < 4.78 is 5.26. The Kier molecular flexibility index (Phi) is 5.29. The number of benzene rings is 1. The fourth-order valence-electron chi connectivity index (χ4n) is 1.83. The minimum absolute atomic E-state index is 0.0267. The molecule has 1 unspecified atom stereocenters. The molecule has 110 valence electrons. The number of aliphatic hydroxyl groups is 1. The molecular weight excluding hydrogens is 268 g/mol. The number of pyridine rings is 1. The normalized spacial score (nSPS) is 11.7. The van der Waals surface area contributed by atoms with E-state index >= 15 is 0 Å². The second kappa shape index (κ2) is 7.40. The number of amides is 1. The van der Waals surface area contributed by atoms with Gasteiger partial charge in [0.15, 0.2) is 0 Å². The molecule has 2 N–H and O–H groups in total. The van der Waals surface area contributed by atoms with Gasteiger partial charge in [0.2, 0.25) is 5.91 Å². The third-order valence-corrected chi connectivity index (χ3v) is 3.06. The first-order valence-corrected chi connectivity index (χ1v) is 6.75. The Morgan fingerprint density at radius 2 is 2.10 bits per heavy atom. The van der Waals surface area contributed by atoms with Crippen molar-refractivity contribution in [1.29, 1.82) is 0 Å². The minimum Gasteiger partial charge on any atom is -0.491 e. The lowest BCUT2D eigenvalue weighted by molar-refractivity contribution is -0.117. The summed E-state index contributed by atoms with van der Waals surface area (Å²) in [6.45, 7) is 2.07. The average molecular weight is 286 g/mol. The Bertz CT molecular complexity index is 570. The first-order valence-electron chi connectivity index (χ1n) is 6.75.